The number of carbonyl (C=O) groups is 2. The summed E-state index contributed by atoms with van der Waals surface area (Å²) < 4.78 is 0. The molecule has 0 aromatic carbocycles. The number of rotatable bonds is 5. The number of nitrogens with zero attached hydrogens (tertiary/aromatic N) is 1. The van der Waals surface area contributed by atoms with Crippen molar-refractivity contribution in [1.29, 1.82) is 0 Å². The second kappa shape index (κ2) is 5.29. The predicted molar refractivity (Wildman–Crippen MR) is 59.4 cm³/mol. The van der Waals surface area contributed by atoms with E-state index < -0.39 is 0 Å². The normalized spacial score (nSPS) is 23.3. The molecule has 2 atom stereocenters. The highest BCUT2D eigenvalue weighted by Crippen LogP contribution is 2.20. The Bertz CT molecular complexity index is 250. The van der Waals surface area contributed by atoms with E-state index in [-0.39, 0.29) is 17.6 Å². The lowest BCUT2D eigenvalue weighted by Crippen LogP contribution is -2.33. The van der Waals surface area contributed by atoms with Crippen molar-refractivity contribution in [2.75, 3.05) is 13.1 Å². The smallest absolute Gasteiger partial charge is 0.223 e. The summed E-state index contributed by atoms with van der Waals surface area (Å²) in [7, 11) is 0. The van der Waals surface area contributed by atoms with Gasteiger partial charge in [0.2, 0.25) is 5.91 Å². The van der Waals surface area contributed by atoms with Crippen molar-refractivity contribution in [3.8, 4) is 0 Å². The van der Waals surface area contributed by atoms with E-state index in [9.17, 15) is 9.59 Å². The molecule has 0 saturated carbocycles. The minimum atomic E-state index is 0.0819. The number of hydrogen-bond acceptors (Lipinski definition) is 2. The minimum absolute atomic E-state index is 0.0819. The summed E-state index contributed by atoms with van der Waals surface area (Å²) in [5.74, 6) is 0.891. The van der Waals surface area contributed by atoms with Crippen molar-refractivity contribution in [3.05, 3.63) is 0 Å². The second-order valence-corrected chi connectivity index (χ2v) is 4.53. The zero-order chi connectivity index (χ0) is 11.4. The van der Waals surface area contributed by atoms with Crippen LogP contribution in [0.5, 0.6) is 0 Å². The molecule has 0 aromatic rings. The van der Waals surface area contributed by atoms with Crippen LogP contribution in [0.2, 0.25) is 0 Å². The molecule has 86 valence electrons. The van der Waals surface area contributed by atoms with E-state index in [2.05, 4.69) is 6.92 Å². The van der Waals surface area contributed by atoms with Gasteiger partial charge in [0.05, 0.1) is 6.54 Å². The van der Waals surface area contributed by atoms with Crippen LogP contribution in [0.15, 0.2) is 0 Å². The van der Waals surface area contributed by atoms with Gasteiger partial charge in [-0.1, -0.05) is 27.2 Å². The average molecular weight is 211 g/mol. The van der Waals surface area contributed by atoms with Gasteiger partial charge < -0.3 is 4.90 Å². The Hall–Kier alpha value is -0.860. The summed E-state index contributed by atoms with van der Waals surface area (Å²) in [5, 5.41) is 0. The molecule has 1 rings (SSSR count). The summed E-state index contributed by atoms with van der Waals surface area (Å²) in [5.41, 5.74) is 0. The molecule has 0 radical (unpaired) electrons. The summed E-state index contributed by atoms with van der Waals surface area (Å²) in [6.07, 6.45) is 2.52. The quantitative estimate of drug-likeness (QED) is 0.696. The molecule has 0 aliphatic carbocycles. The fraction of sp³-hybridized carbons (Fsp3) is 0.833. The Morgan fingerprint density at radius 3 is 2.67 bits per heavy atom. The molecule has 1 heterocycles. The lowest BCUT2D eigenvalue weighted by Gasteiger charge is -2.17. The number of hydrogen-bond donors (Lipinski definition) is 0. The predicted octanol–water partition coefficient (Wildman–Crippen LogP) is 1.86. The van der Waals surface area contributed by atoms with Crippen molar-refractivity contribution in [2.45, 2.75) is 40.0 Å². The molecule has 0 bridgehead atoms. The third kappa shape index (κ3) is 3.05. The first-order valence-corrected chi connectivity index (χ1v) is 5.88. The van der Waals surface area contributed by atoms with Gasteiger partial charge in [0, 0.05) is 18.9 Å². The largest absolute Gasteiger partial charge is 0.335 e. The molecule has 1 aliphatic heterocycles. The molecule has 3 nitrogen and oxygen atoms in total. The van der Waals surface area contributed by atoms with E-state index in [0.29, 0.717) is 18.9 Å². The fourth-order valence-electron chi connectivity index (χ4n) is 1.85. The van der Waals surface area contributed by atoms with Crippen LogP contribution in [0.25, 0.3) is 0 Å². The van der Waals surface area contributed by atoms with Crippen LogP contribution in [0.1, 0.15) is 40.0 Å². The maximum absolute atomic E-state index is 11.7. The van der Waals surface area contributed by atoms with Gasteiger partial charge in [-0.2, -0.15) is 0 Å². The highest BCUT2D eigenvalue weighted by molar-refractivity contribution is 5.88. The first-order valence-electron chi connectivity index (χ1n) is 5.88. The number of likely N-dealkylation sites (tertiary alicyclic amines) is 1. The molecule has 1 fully saturated rings. The Morgan fingerprint density at radius 2 is 2.20 bits per heavy atom. The maximum atomic E-state index is 11.7. The van der Waals surface area contributed by atoms with E-state index in [4.69, 9.17) is 0 Å². The van der Waals surface area contributed by atoms with E-state index in [0.717, 1.165) is 19.4 Å². The van der Waals surface area contributed by atoms with Crippen LogP contribution in [0, 0.1) is 11.8 Å². The van der Waals surface area contributed by atoms with Crippen LogP contribution in [-0.2, 0) is 9.59 Å². The second-order valence-electron chi connectivity index (χ2n) is 4.53. The van der Waals surface area contributed by atoms with Gasteiger partial charge in [0.1, 0.15) is 0 Å². The topological polar surface area (TPSA) is 37.4 Å². The number of Topliss-reactive ketones (excluding diaryl/α,β-unsaturated/α-hetero) is 1. The molecule has 1 amide bonds. The van der Waals surface area contributed by atoms with Crippen molar-refractivity contribution in [1.82, 2.24) is 4.90 Å². The lowest BCUT2D eigenvalue weighted by atomic mass is 10.0. The molecule has 0 N–H and O–H groups in total. The summed E-state index contributed by atoms with van der Waals surface area (Å²) in [6, 6.07) is 0. The number of ketones is 1. The number of amides is 1. The molecular weight excluding hydrogens is 190 g/mol. The minimum Gasteiger partial charge on any atom is -0.335 e. The Kier molecular flexibility index (Phi) is 4.30. The lowest BCUT2D eigenvalue weighted by molar-refractivity contribution is -0.133. The standard InChI is InChI=1S/C12H21NO2/c1-4-9(3)11(14)8-13-7-10(5-2)6-12(13)15/h9-10H,4-8H2,1-3H3. The first-order chi connectivity index (χ1) is 7.08. The van der Waals surface area contributed by atoms with E-state index in [1.807, 2.05) is 13.8 Å². The molecule has 1 saturated heterocycles. The van der Waals surface area contributed by atoms with Crippen molar-refractivity contribution < 1.29 is 9.59 Å². The van der Waals surface area contributed by atoms with E-state index in [1.54, 1.807) is 4.90 Å². The molecular formula is C12H21NO2. The van der Waals surface area contributed by atoms with Crippen molar-refractivity contribution in [2.24, 2.45) is 11.8 Å². The first kappa shape index (κ1) is 12.2. The molecule has 0 spiro atoms. The van der Waals surface area contributed by atoms with Gasteiger partial charge >= 0.3 is 0 Å². The molecule has 2 unspecified atom stereocenters. The molecule has 1 aliphatic rings. The fourth-order valence-corrected chi connectivity index (χ4v) is 1.85. The monoisotopic (exact) mass is 211 g/mol. The van der Waals surface area contributed by atoms with Crippen LogP contribution < -0.4 is 0 Å². The molecule has 0 aromatic heterocycles. The van der Waals surface area contributed by atoms with Crippen molar-refractivity contribution in [3.63, 3.8) is 0 Å². The zero-order valence-electron chi connectivity index (χ0n) is 9.95. The Balaban J connectivity index is 2.46. The van der Waals surface area contributed by atoms with Gasteiger partial charge in [-0.05, 0) is 12.3 Å². The van der Waals surface area contributed by atoms with Gasteiger partial charge in [0.25, 0.3) is 0 Å². The highest BCUT2D eigenvalue weighted by Gasteiger charge is 2.30. The van der Waals surface area contributed by atoms with Gasteiger partial charge in [0.15, 0.2) is 5.78 Å². The number of carbonyl (C=O) groups excluding carboxylic acids is 2. The third-order valence-electron chi connectivity index (χ3n) is 3.38. The van der Waals surface area contributed by atoms with Crippen LogP contribution in [0.4, 0.5) is 0 Å². The molecule has 15 heavy (non-hydrogen) atoms. The average Bonchev–Trinajstić information content (AvgIpc) is 2.58. The van der Waals surface area contributed by atoms with Gasteiger partial charge in [-0.25, -0.2) is 0 Å². The van der Waals surface area contributed by atoms with Crippen LogP contribution in [0.3, 0.4) is 0 Å². The summed E-state index contributed by atoms with van der Waals surface area (Å²) >= 11 is 0. The van der Waals surface area contributed by atoms with Crippen molar-refractivity contribution >= 4 is 11.7 Å². The Morgan fingerprint density at radius 1 is 1.53 bits per heavy atom. The van der Waals surface area contributed by atoms with Gasteiger partial charge in [-0.15, -0.1) is 0 Å². The third-order valence-corrected chi connectivity index (χ3v) is 3.38. The van der Waals surface area contributed by atoms with Crippen LogP contribution in [-0.4, -0.2) is 29.7 Å². The Labute approximate surface area is 91.8 Å². The van der Waals surface area contributed by atoms with Gasteiger partial charge in [-0.3, -0.25) is 9.59 Å². The summed E-state index contributed by atoms with van der Waals surface area (Å²) in [4.78, 5) is 25.0. The van der Waals surface area contributed by atoms with E-state index in [1.165, 1.54) is 0 Å². The summed E-state index contributed by atoms with van der Waals surface area (Å²) in [6.45, 7) is 7.13. The zero-order valence-corrected chi connectivity index (χ0v) is 9.95. The van der Waals surface area contributed by atoms with E-state index >= 15 is 0 Å². The maximum Gasteiger partial charge on any atom is 0.223 e. The SMILES string of the molecule is CCC1CC(=O)N(CC(=O)C(C)CC)C1. The molecule has 3 heteroatoms. The van der Waals surface area contributed by atoms with Crippen LogP contribution >= 0.6 is 0 Å². The highest BCUT2D eigenvalue weighted by atomic mass is 16.2.